The molecule has 0 saturated carbocycles. The van der Waals surface area contributed by atoms with Crippen molar-refractivity contribution in [2.45, 2.75) is 52.2 Å². The molecule has 0 spiro atoms. The average molecular weight is 255 g/mol. The van der Waals surface area contributed by atoms with Crippen LogP contribution in [0.3, 0.4) is 0 Å². The Kier molecular flexibility index (Phi) is 4.48. The number of hydrogen-bond donors (Lipinski definition) is 0. The molecule has 1 fully saturated rings. The van der Waals surface area contributed by atoms with Crippen LogP contribution in [0.1, 0.15) is 40.5 Å². The van der Waals surface area contributed by atoms with Gasteiger partial charge in [0.1, 0.15) is 17.9 Å². The summed E-state index contributed by atoms with van der Waals surface area (Å²) in [5.74, 6) is -0.844. The van der Waals surface area contributed by atoms with E-state index in [9.17, 15) is 14.4 Å². The van der Waals surface area contributed by atoms with E-state index in [1.165, 1.54) is 4.90 Å². The van der Waals surface area contributed by atoms with E-state index in [0.717, 1.165) is 6.29 Å². The number of ether oxygens (including phenoxy) is 1. The highest BCUT2D eigenvalue weighted by Crippen LogP contribution is 2.22. The van der Waals surface area contributed by atoms with E-state index in [4.69, 9.17) is 4.74 Å². The maximum absolute atomic E-state index is 12.0. The van der Waals surface area contributed by atoms with Crippen LogP contribution in [-0.2, 0) is 19.1 Å². The standard InChI is InChI=1S/C13H21NO4/c1-5-10(12(17)18-13(2,3)4)14-7-9(8-15)6-11(14)16/h8-10H,5-7H2,1-4H3/t9?,10-/m0/s1. The second kappa shape index (κ2) is 5.50. The minimum absolute atomic E-state index is 0.148. The van der Waals surface area contributed by atoms with Crippen LogP contribution >= 0.6 is 0 Å². The van der Waals surface area contributed by atoms with Crippen molar-refractivity contribution < 1.29 is 19.1 Å². The summed E-state index contributed by atoms with van der Waals surface area (Å²) in [6, 6.07) is -0.582. The third-order valence-corrected chi connectivity index (χ3v) is 2.82. The Morgan fingerprint density at radius 3 is 2.56 bits per heavy atom. The summed E-state index contributed by atoms with van der Waals surface area (Å²) in [5, 5.41) is 0. The quantitative estimate of drug-likeness (QED) is 0.558. The van der Waals surface area contributed by atoms with Gasteiger partial charge in [0.05, 0.1) is 0 Å². The third-order valence-electron chi connectivity index (χ3n) is 2.82. The highest BCUT2D eigenvalue weighted by Gasteiger charge is 2.38. The zero-order chi connectivity index (χ0) is 13.9. The van der Waals surface area contributed by atoms with Gasteiger partial charge in [-0.2, -0.15) is 0 Å². The minimum atomic E-state index is -0.582. The summed E-state index contributed by atoms with van der Waals surface area (Å²) in [4.78, 5) is 36.0. The first-order chi connectivity index (χ1) is 8.28. The predicted octanol–water partition coefficient (Wildman–Crippen LogP) is 1.15. The Morgan fingerprint density at radius 2 is 2.17 bits per heavy atom. The van der Waals surface area contributed by atoms with Crippen molar-refractivity contribution in [2.24, 2.45) is 5.92 Å². The van der Waals surface area contributed by atoms with Gasteiger partial charge in [-0.1, -0.05) is 6.92 Å². The van der Waals surface area contributed by atoms with Crippen LogP contribution in [0.15, 0.2) is 0 Å². The topological polar surface area (TPSA) is 63.7 Å². The van der Waals surface area contributed by atoms with Crippen LogP contribution < -0.4 is 0 Å². The molecule has 0 aliphatic carbocycles. The summed E-state index contributed by atoms with van der Waals surface area (Å²) in [7, 11) is 0. The van der Waals surface area contributed by atoms with Crippen LogP contribution in [0.5, 0.6) is 0 Å². The molecule has 0 bridgehead atoms. The highest BCUT2D eigenvalue weighted by molar-refractivity contribution is 5.88. The van der Waals surface area contributed by atoms with Crippen LogP contribution in [-0.4, -0.2) is 41.3 Å². The molecule has 5 nitrogen and oxygen atoms in total. The molecule has 1 saturated heterocycles. The van der Waals surface area contributed by atoms with Gasteiger partial charge in [0.2, 0.25) is 5.91 Å². The van der Waals surface area contributed by atoms with Gasteiger partial charge in [0.15, 0.2) is 0 Å². The van der Waals surface area contributed by atoms with Crippen molar-refractivity contribution >= 4 is 18.2 Å². The van der Waals surface area contributed by atoms with Crippen LogP contribution in [0.25, 0.3) is 0 Å². The summed E-state index contributed by atoms with van der Waals surface area (Å²) in [5.41, 5.74) is -0.572. The second-order valence-electron chi connectivity index (χ2n) is 5.60. The van der Waals surface area contributed by atoms with Gasteiger partial charge in [-0.3, -0.25) is 4.79 Å². The fourth-order valence-electron chi connectivity index (χ4n) is 2.04. The van der Waals surface area contributed by atoms with Crippen LogP contribution in [0.4, 0.5) is 0 Å². The molecule has 0 aromatic rings. The Balaban J connectivity index is 2.75. The van der Waals surface area contributed by atoms with Gasteiger partial charge in [-0.05, 0) is 27.2 Å². The molecule has 0 radical (unpaired) electrons. The van der Waals surface area contributed by atoms with Gasteiger partial charge in [0, 0.05) is 18.9 Å². The average Bonchev–Trinajstić information content (AvgIpc) is 2.59. The number of carbonyl (C=O) groups excluding carboxylic acids is 3. The van der Waals surface area contributed by atoms with Crippen molar-refractivity contribution in [3.8, 4) is 0 Å². The lowest BCUT2D eigenvalue weighted by atomic mass is 10.1. The number of nitrogens with zero attached hydrogens (tertiary/aromatic N) is 1. The zero-order valence-electron chi connectivity index (χ0n) is 11.4. The first-order valence-electron chi connectivity index (χ1n) is 6.26. The molecule has 0 aromatic heterocycles. The summed E-state index contributed by atoms with van der Waals surface area (Å²) in [6.45, 7) is 7.52. The van der Waals surface area contributed by atoms with Crippen molar-refractivity contribution in [3.05, 3.63) is 0 Å². The first kappa shape index (κ1) is 14.7. The van der Waals surface area contributed by atoms with E-state index in [1.54, 1.807) is 20.8 Å². The van der Waals surface area contributed by atoms with Crippen molar-refractivity contribution in [3.63, 3.8) is 0 Å². The number of amides is 1. The maximum Gasteiger partial charge on any atom is 0.329 e. The molecule has 1 aliphatic heterocycles. The van der Waals surface area contributed by atoms with Gasteiger partial charge >= 0.3 is 5.97 Å². The van der Waals surface area contributed by atoms with Crippen molar-refractivity contribution in [1.82, 2.24) is 4.90 Å². The summed E-state index contributed by atoms with van der Waals surface area (Å²) >= 11 is 0. The largest absolute Gasteiger partial charge is 0.458 e. The maximum atomic E-state index is 12.0. The fourth-order valence-corrected chi connectivity index (χ4v) is 2.04. The summed E-state index contributed by atoms with van der Waals surface area (Å²) in [6.07, 6.45) is 1.47. The molecule has 0 N–H and O–H groups in total. The molecule has 18 heavy (non-hydrogen) atoms. The Morgan fingerprint density at radius 1 is 1.56 bits per heavy atom. The van der Waals surface area contributed by atoms with E-state index < -0.39 is 17.6 Å². The van der Waals surface area contributed by atoms with Crippen LogP contribution in [0, 0.1) is 5.92 Å². The molecule has 5 heteroatoms. The van der Waals surface area contributed by atoms with E-state index in [-0.39, 0.29) is 18.2 Å². The molecule has 0 aromatic carbocycles. The monoisotopic (exact) mass is 255 g/mol. The first-order valence-corrected chi connectivity index (χ1v) is 6.26. The minimum Gasteiger partial charge on any atom is -0.458 e. The molecular weight excluding hydrogens is 234 g/mol. The third kappa shape index (κ3) is 3.55. The fraction of sp³-hybridized carbons (Fsp3) is 0.769. The molecule has 102 valence electrons. The Hall–Kier alpha value is -1.39. The normalized spacial score (nSPS) is 21.9. The predicted molar refractivity (Wildman–Crippen MR) is 65.8 cm³/mol. The van der Waals surface area contributed by atoms with Gasteiger partial charge in [-0.15, -0.1) is 0 Å². The molecular formula is C13H21NO4. The molecule has 1 heterocycles. The SMILES string of the molecule is CC[C@@H](C(=O)OC(C)(C)C)N1CC(C=O)CC1=O. The van der Waals surface area contributed by atoms with E-state index in [2.05, 4.69) is 0 Å². The molecule has 1 aliphatic rings. The Bertz CT molecular complexity index is 345. The molecule has 1 unspecified atom stereocenters. The van der Waals surface area contributed by atoms with Gasteiger partial charge in [-0.25, -0.2) is 4.79 Å². The van der Waals surface area contributed by atoms with E-state index >= 15 is 0 Å². The molecule has 1 amide bonds. The number of hydrogen-bond acceptors (Lipinski definition) is 4. The van der Waals surface area contributed by atoms with Crippen molar-refractivity contribution in [1.29, 1.82) is 0 Å². The number of likely N-dealkylation sites (tertiary alicyclic amines) is 1. The number of aldehydes is 1. The van der Waals surface area contributed by atoms with E-state index in [0.29, 0.717) is 13.0 Å². The highest BCUT2D eigenvalue weighted by atomic mass is 16.6. The van der Waals surface area contributed by atoms with E-state index in [1.807, 2.05) is 6.92 Å². The lowest BCUT2D eigenvalue weighted by Crippen LogP contribution is -2.45. The lowest BCUT2D eigenvalue weighted by Gasteiger charge is -2.29. The number of esters is 1. The molecule has 2 atom stereocenters. The second-order valence-corrected chi connectivity index (χ2v) is 5.60. The molecule has 1 rings (SSSR count). The zero-order valence-corrected chi connectivity index (χ0v) is 11.4. The smallest absolute Gasteiger partial charge is 0.329 e. The lowest BCUT2D eigenvalue weighted by molar-refractivity contribution is -0.164. The van der Waals surface area contributed by atoms with Crippen LogP contribution in [0.2, 0.25) is 0 Å². The number of rotatable bonds is 4. The Labute approximate surface area is 107 Å². The van der Waals surface area contributed by atoms with Gasteiger partial charge in [0.25, 0.3) is 0 Å². The van der Waals surface area contributed by atoms with Gasteiger partial charge < -0.3 is 14.4 Å². The van der Waals surface area contributed by atoms with Crippen molar-refractivity contribution in [2.75, 3.05) is 6.54 Å². The number of carbonyl (C=O) groups is 3. The summed E-state index contributed by atoms with van der Waals surface area (Å²) < 4.78 is 5.30.